The Labute approximate surface area is 84.8 Å². The molecule has 0 N–H and O–H groups in total. The van der Waals surface area contributed by atoms with Crippen LogP contribution in [-0.4, -0.2) is 30.2 Å². The van der Waals surface area contributed by atoms with Gasteiger partial charge in [0.2, 0.25) is 0 Å². The monoisotopic (exact) mass is 199 g/mol. The molecule has 14 heavy (non-hydrogen) atoms. The van der Waals surface area contributed by atoms with Gasteiger partial charge in [-0.3, -0.25) is 4.79 Å². The fourth-order valence-corrected chi connectivity index (χ4v) is 0.903. The van der Waals surface area contributed by atoms with Gasteiger partial charge < -0.3 is 14.4 Å². The molecule has 1 atom stereocenters. The quantitative estimate of drug-likeness (QED) is 0.499. The zero-order valence-corrected chi connectivity index (χ0v) is 8.73. The number of hydrogen-bond acceptors (Lipinski definition) is 4. The topological polar surface area (TPSA) is 38.8 Å². The molecule has 4 heteroatoms. The van der Waals surface area contributed by atoms with Crippen LogP contribution in [0.25, 0.3) is 0 Å². The van der Waals surface area contributed by atoms with Gasteiger partial charge in [0.05, 0.1) is 12.4 Å². The highest BCUT2D eigenvalue weighted by Crippen LogP contribution is 2.05. The summed E-state index contributed by atoms with van der Waals surface area (Å²) >= 11 is 0. The second kappa shape index (κ2) is 7.15. The van der Waals surface area contributed by atoms with Crippen molar-refractivity contribution >= 4 is 5.97 Å². The smallest absolute Gasteiger partial charge is 0.307 e. The van der Waals surface area contributed by atoms with Gasteiger partial charge in [0, 0.05) is 13.5 Å². The van der Waals surface area contributed by atoms with Crippen LogP contribution < -0.4 is 0 Å². The maximum Gasteiger partial charge on any atom is 0.307 e. The minimum atomic E-state index is -0.329. The number of rotatable bonds is 2. The molecule has 0 aromatic heterocycles. The van der Waals surface area contributed by atoms with E-state index in [9.17, 15) is 4.79 Å². The third-order valence-electron chi connectivity index (χ3n) is 1.52. The summed E-state index contributed by atoms with van der Waals surface area (Å²) < 4.78 is 9.38. The Morgan fingerprint density at radius 3 is 2.43 bits per heavy atom. The van der Waals surface area contributed by atoms with E-state index in [1.807, 2.05) is 11.1 Å². The summed E-state index contributed by atoms with van der Waals surface area (Å²) in [6.07, 6.45) is 3.29. The van der Waals surface area contributed by atoms with E-state index in [2.05, 4.69) is 24.8 Å². The van der Waals surface area contributed by atoms with Crippen molar-refractivity contribution < 1.29 is 14.3 Å². The third kappa shape index (κ3) is 6.25. The molecular formula is C10H17NO3. The fraction of sp³-hybridized carbons (Fsp3) is 0.500. The van der Waals surface area contributed by atoms with Crippen molar-refractivity contribution in [2.75, 3.05) is 13.3 Å². The first kappa shape index (κ1) is 12.7. The van der Waals surface area contributed by atoms with Gasteiger partial charge in [0.25, 0.3) is 0 Å². The molecule has 1 aliphatic heterocycles. The highest BCUT2D eigenvalue weighted by atomic mass is 16.5. The molecule has 1 fully saturated rings. The Balaban J connectivity index is 0.000000255. The zero-order valence-electron chi connectivity index (χ0n) is 8.73. The maximum atomic E-state index is 9.75. The number of hydrogen-bond donors (Lipinski definition) is 0. The minimum Gasteiger partial charge on any atom is -0.435 e. The van der Waals surface area contributed by atoms with Crippen LogP contribution >= 0.6 is 0 Å². The van der Waals surface area contributed by atoms with Crippen LogP contribution in [0.5, 0.6) is 0 Å². The van der Waals surface area contributed by atoms with Gasteiger partial charge in [-0.2, -0.15) is 0 Å². The van der Waals surface area contributed by atoms with Crippen molar-refractivity contribution in [3.05, 3.63) is 25.6 Å². The lowest BCUT2D eigenvalue weighted by atomic mass is 10.4. The molecule has 0 saturated carbocycles. The number of carbonyl (C=O) groups is 1. The summed E-state index contributed by atoms with van der Waals surface area (Å²) in [6, 6.07) is 0. The van der Waals surface area contributed by atoms with Crippen LogP contribution in [0, 0.1) is 0 Å². The second-order valence-electron chi connectivity index (χ2n) is 2.84. The van der Waals surface area contributed by atoms with Crippen molar-refractivity contribution in [3.63, 3.8) is 0 Å². The van der Waals surface area contributed by atoms with E-state index < -0.39 is 0 Å². The normalized spacial score (nSPS) is 19.3. The van der Waals surface area contributed by atoms with Gasteiger partial charge >= 0.3 is 5.97 Å². The van der Waals surface area contributed by atoms with Gasteiger partial charge in [0.1, 0.15) is 6.73 Å². The summed E-state index contributed by atoms with van der Waals surface area (Å²) in [7, 11) is 0. The Morgan fingerprint density at radius 2 is 2.29 bits per heavy atom. The molecule has 4 nitrogen and oxygen atoms in total. The van der Waals surface area contributed by atoms with E-state index in [4.69, 9.17) is 4.74 Å². The van der Waals surface area contributed by atoms with Gasteiger partial charge in [-0.1, -0.05) is 13.2 Å². The summed E-state index contributed by atoms with van der Waals surface area (Å²) in [6.45, 7) is 11.9. The van der Waals surface area contributed by atoms with E-state index in [-0.39, 0.29) is 5.97 Å². The Kier molecular flexibility index (Phi) is 6.49. The number of ether oxygens (including phenoxy) is 2. The zero-order chi connectivity index (χ0) is 11.0. The van der Waals surface area contributed by atoms with E-state index in [0.717, 1.165) is 12.8 Å². The standard InChI is InChI=1S/C6H11NO.C4H6O2/c1-3-7-4-6(2)8-5-7;1-3-6-4(2)5/h3,6H,1,4-5H2,2H3;3H,1H2,2H3. The molecule has 80 valence electrons. The predicted octanol–water partition coefficient (Wildman–Crippen LogP) is 1.50. The van der Waals surface area contributed by atoms with Crippen LogP contribution in [0.3, 0.4) is 0 Å². The molecule has 0 amide bonds. The fourth-order valence-electron chi connectivity index (χ4n) is 0.903. The molecule has 1 rings (SSSR count). The summed E-state index contributed by atoms with van der Waals surface area (Å²) in [4.78, 5) is 11.8. The average Bonchev–Trinajstić information content (AvgIpc) is 2.52. The first-order valence-electron chi connectivity index (χ1n) is 4.36. The van der Waals surface area contributed by atoms with Gasteiger partial charge in [-0.05, 0) is 13.1 Å². The first-order valence-corrected chi connectivity index (χ1v) is 4.36. The summed E-state index contributed by atoms with van der Waals surface area (Å²) in [5, 5.41) is 0. The molecule has 0 radical (unpaired) electrons. The van der Waals surface area contributed by atoms with Crippen LogP contribution in [0.2, 0.25) is 0 Å². The van der Waals surface area contributed by atoms with Crippen LogP contribution in [-0.2, 0) is 14.3 Å². The lowest BCUT2D eigenvalue weighted by Crippen LogP contribution is -2.13. The minimum absolute atomic E-state index is 0.329. The maximum absolute atomic E-state index is 9.75. The van der Waals surface area contributed by atoms with E-state index in [0.29, 0.717) is 12.8 Å². The van der Waals surface area contributed by atoms with Gasteiger partial charge in [0.15, 0.2) is 0 Å². The van der Waals surface area contributed by atoms with Crippen molar-refractivity contribution in [2.45, 2.75) is 20.0 Å². The molecule has 0 aromatic rings. The van der Waals surface area contributed by atoms with Crippen molar-refractivity contribution in [3.8, 4) is 0 Å². The molecule has 1 unspecified atom stereocenters. The van der Waals surface area contributed by atoms with Crippen molar-refractivity contribution in [1.82, 2.24) is 4.90 Å². The molecule has 1 saturated heterocycles. The molecule has 0 aliphatic carbocycles. The molecule has 0 spiro atoms. The van der Waals surface area contributed by atoms with Crippen LogP contribution in [0.15, 0.2) is 25.6 Å². The number of nitrogens with zero attached hydrogens (tertiary/aromatic N) is 1. The van der Waals surface area contributed by atoms with Crippen molar-refractivity contribution in [2.24, 2.45) is 0 Å². The first-order chi connectivity index (χ1) is 6.60. The van der Waals surface area contributed by atoms with E-state index in [1.54, 1.807) is 0 Å². The Morgan fingerprint density at radius 1 is 1.64 bits per heavy atom. The van der Waals surface area contributed by atoms with Gasteiger partial charge in [-0.25, -0.2) is 0 Å². The predicted molar refractivity (Wildman–Crippen MR) is 54.3 cm³/mol. The summed E-state index contributed by atoms with van der Waals surface area (Å²) in [5.74, 6) is -0.329. The van der Waals surface area contributed by atoms with Crippen LogP contribution in [0.1, 0.15) is 13.8 Å². The Bertz CT molecular complexity index is 204. The molecular weight excluding hydrogens is 182 g/mol. The number of carbonyl (C=O) groups excluding carboxylic acids is 1. The largest absolute Gasteiger partial charge is 0.435 e. The molecule has 0 bridgehead atoms. The highest BCUT2D eigenvalue weighted by Gasteiger charge is 2.14. The highest BCUT2D eigenvalue weighted by molar-refractivity contribution is 5.66. The third-order valence-corrected chi connectivity index (χ3v) is 1.52. The van der Waals surface area contributed by atoms with Crippen molar-refractivity contribution in [1.29, 1.82) is 0 Å². The van der Waals surface area contributed by atoms with E-state index >= 15 is 0 Å². The SMILES string of the molecule is C=CN1COC(C)C1.C=COC(C)=O. The molecule has 1 aliphatic rings. The second-order valence-corrected chi connectivity index (χ2v) is 2.84. The number of esters is 1. The molecule has 0 aromatic carbocycles. The lowest BCUT2D eigenvalue weighted by Gasteiger charge is -2.05. The van der Waals surface area contributed by atoms with Crippen LogP contribution in [0.4, 0.5) is 0 Å². The van der Waals surface area contributed by atoms with E-state index in [1.165, 1.54) is 6.92 Å². The summed E-state index contributed by atoms with van der Waals surface area (Å²) in [5.41, 5.74) is 0. The lowest BCUT2D eigenvalue weighted by molar-refractivity contribution is -0.135. The average molecular weight is 199 g/mol. The Hall–Kier alpha value is -1.29. The van der Waals surface area contributed by atoms with Gasteiger partial charge in [-0.15, -0.1) is 0 Å². The molecule has 1 heterocycles.